The summed E-state index contributed by atoms with van der Waals surface area (Å²) in [5, 5.41) is 2.68. The average molecular weight is 371 g/mol. The van der Waals surface area contributed by atoms with Gasteiger partial charge in [-0.3, -0.25) is 0 Å². The second kappa shape index (κ2) is 7.26. The molecule has 6 nitrogen and oxygen atoms in total. The Morgan fingerprint density at radius 2 is 2.04 bits per heavy atom. The number of nitrogens with one attached hydrogen (secondary N) is 1. The van der Waals surface area contributed by atoms with E-state index in [-0.39, 0.29) is 17.9 Å². The molecule has 1 N–H and O–H groups in total. The number of nitrogens with zero attached hydrogens (tertiary/aromatic N) is 2. The van der Waals surface area contributed by atoms with Gasteiger partial charge in [-0.25, -0.2) is 14.2 Å². The molecule has 0 bridgehead atoms. The predicted octanol–water partition coefficient (Wildman–Crippen LogP) is 4.17. The van der Waals surface area contributed by atoms with E-state index in [9.17, 15) is 9.18 Å². The summed E-state index contributed by atoms with van der Waals surface area (Å²) in [5.41, 5.74) is 1.62. The van der Waals surface area contributed by atoms with E-state index >= 15 is 0 Å². The van der Waals surface area contributed by atoms with Gasteiger partial charge in [0.2, 0.25) is 0 Å². The van der Waals surface area contributed by atoms with Crippen LogP contribution in [0.2, 0.25) is 0 Å². The lowest BCUT2D eigenvalue weighted by molar-refractivity contribution is 0.130. The zero-order valence-corrected chi connectivity index (χ0v) is 15.7. The minimum atomic E-state index is -0.620. The Hall–Kier alpha value is -3.09. The van der Waals surface area contributed by atoms with Crippen LogP contribution in [0.25, 0.3) is 16.9 Å². The van der Waals surface area contributed by atoms with Crippen molar-refractivity contribution in [3.05, 3.63) is 54.1 Å². The molecule has 7 heteroatoms. The predicted molar refractivity (Wildman–Crippen MR) is 100 cm³/mol. The topological polar surface area (TPSA) is 64.9 Å². The summed E-state index contributed by atoms with van der Waals surface area (Å²) in [4.78, 5) is 16.5. The molecule has 3 rings (SSSR count). The van der Waals surface area contributed by atoms with Gasteiger partial charge in [-0.2, -0.15) is 0 Å². The zero-order chi connectivity index (χ0) is 19.6. The maximum absolute atomic E-state index is 14.9. The highest BCUT2D eigenvalue weighted by atomic mass is 19.1. The molecule has 0 saturated heterocycles. The van der Waals surface area contributed by atoms with Crippen molar-refractivity contribution in [2.75, 3.05) is 7.11 Å². The van der Waals surface area contributed by atoms with Gasteiger partial charge < -0.3 is 19.2 Å². The van der Waals surface area contributed by atoms with Gasteiger partial charge in [-0.1, -0.05) is 6.07 Å². The third-order valence-electron chi connectivity index (χ3n) is 3.89. The van der Waals surface area contributed by atoms with Gasteiger partial charge in [0.05, 0.1) is 12.8 Å². The average Bonchev–Trinajstić information content (AvgIpc) is 3.02. The van der Waals surface area contributed by atoms with Gasteiger partial charge >= 0.3 is 6.09 Å². The highest BCUT2D eigenvalue weighted by molar-refractivity contribution is 5.70. The van der Waals surface area contributed by atoms with E-state index in [2.05, 4.69) is 10.3 Å². The number of carbonyl (C=O) groups excluding carboxylic acids is 1. The summed E-state index contributed by atoms with van der Waals surface area (Å²) in [6.07, 6.45) is 3.04. The first-order valence-corrected chi connectivity index (χ1v) is 8.53. The van der Waals surface area contributed by atoms with E-state index < -0.39 is 17.4 Å². The number of carbonyl (C=O) groups is 1. The highest BCUT2D eigenvalue weighted by Crippen LogP contribution is 2.31. The van der Waals surface area contributed by atoms with Crippen molar-refractivity contribution < 1.29 is 18.7 Å². The molecule has 0 unspecified atom stereocenters. The second-order valence-electron chi connectivity index (χ2n) is 7.15. The van der Waals surface area contributed by atoms with Crippen LogP contribution in [0.5, 0.6) is 5.75 Å². The van der Waals surface area contributed by atoms with E-state index in [0.717, 1.165) is 5.65 Å². The molecule has 0 fully saturated rings. The fourth-order valence-corrected chi connectivity index (χ4v) is 2.68. The fourth-order valence-electron chi connectivity index (χ4n) is 2.68. The van der Waals surface area contributed by atoms with E-state index in [0.29, 0.717) is 11.3 Å². The van der Waals surface area contributed by atoms with Crippen molar-refractivity contribution in [3.8, 4) is 17.0 Å². The monoisotopic (exact) mass is 371 g/mol. The molecular formula is C20H22FN3O3. The smallest absolute Gasteiger partial charge is 0.407 e. The molecule has 0 aliphatic carbocycles. The number of rotatable bonds is 4. The number of halogens is 1. The Balaban J connectivity index is 1.96. The first-order valence-electron chi connectivity index (χ1n) is 8.53. The molecule has 1 amide bonds. The van der Waals surface area contributed by atoms with Crippen LogP contribution >= 0.6 is 0 Å². The molecule has 0 spiro atoms. The summed E-state index contributed by atoms with van der Waals surface area (Å²) in [5.74, 6) is -0.493. The van der Waals surface area contributed by atoms with Crippen LogP contribution in [-0.2, 0) is 11.3 Å². The standard InChI is InChI=1S/C20H22FN3O3/c1-20(2,3)23-19(25)27-12-14-13(8-9-16(26-4)18(14)21)15-11-24-10-6-5-7-17(24)22-15/h5-11H,12H2,1-4H3,(H,23,25). The van der Waals surface area contributed by atoms with Crippen LogP contribution in [0.15, 0.2) is 42.7 Å². The lowest BCUT2D eigenvalue weighted by Gasteiger charge is -2.20. The number of methoxy groups -OCH3 is 1. The zero-order valence-electron chi connectivity index (χ0n) is 15.7. The number of aromatic nitrogens is 2. The number of ether oxygens (including phenoxy) is 2. The minimum absolute atomic E-state index is 0.0809. The Morgan fingerprint density at radius 3 is 2.70 bits per heavy atom. The van der Waals surface area contributed by atoms with Crippen molar-refractivity contribution in [2.24, 2.45) is 0 Å². The fraction of sp³-hybridized carbons (Fsp3) is 0.300. The van der Waals surface area contributed by atoms with Gasteiger partial charge in [0.15, 0.2) is 11.6 Å². The van der Waals surface area contributed by atoms with Gasteiger partial charge in [-0.05, 0) is 45.0 Å². The van der Waals surface area contributed by atoms with Crippen LogP contribution in [0.1, 0.15) is 26.3 Å². The molecular weight excluding hydrogens is 349 g/mol. The number of pyridine rings is 1. The molecule has 0 saturated carbocycles. The van der Waals surface area contributed by atoms with Gasteiger partial charge in [-0.15, -0.1) is 0 Å². The molecule has 0 atom stereocenters. The quantitative estimate of drug-likeness (QED) is 0.747. The van der Waals surface area contributed by atoms with Gasteiger partial charge in [0.1, 0.15) is 12.3 Å². The van der Waals surface area contributed by atoms with Gasteiger partial charge in [0.25, 0.3) is 0 Å². The van der Waals surface area contributed by atoms with E-state index in [1.165, 1.54) is 13.2 Å². The number of alkyl carbamates (subject to hydrolysis) is 1. The first kappa shape index (κ1) is 18.7. The maximum atomic E-state index is 14.9. The van der Waals surface area contributed by atoms with Gasteiger partial charge in [0, 0.05) is 29.1 Å². The maximum Gasteiger partial charge on any atom is 0.407 e. The summed E-state index contributed by atoms with van der Waals surface area (Å²) in [7, 11) is 1.39. The third kappa shape index (κ3) is 4.19. The molecule has 27 heavy (non-hydrogen) atoms. The third-order valence-corrected chi connectivity index (χ3v) is 3.89. The Morgan fingerprint density at radius 1 is 1.26 bits per heavy atom. The molecule has 142 valence electrons. The van der Waals surface area contributed by atoms with Crippen molar-refractivity contribution in [2.45, 2.75) is 32.9 Å². The Labute approximate surface area is 156 Å². The van der Waals surface area contributed by atoms with Crippen molar-refractivity contribution in [1.82, 2.24) is 14.7 Å². The normalized spacial score (nSPS) is 11.4. The van der Waals surface area contributed by atoms with E-state index in [1.54, 1.807) is 12.3 Å². The minimum Gasteiger partial charge on any atom is -0.494 e. The number of amides is 1. The first-order chi connectivity index (χ1) is 12.8. The van der Waals surface area contributed by atoms with Crippen LogP contribution in [0.4, 0.5) is 9.18 Å². The summed E-state index contributed by atoms with van der Waals surface area (Å²) >= 11 is 0. The second-order valence-corrected chi connectivity index (χ2v) is 7.15. The Bertz CT molecular complexity index is 943. The van der Waals surface area contributed by atoms with Crippen LogP contribution in [0.3, 0.4) is 0 Å². The van der Waals surface area contributed by atoms with Crippen molar-refractivity contribution in [3.63, 3.8) is 0 Å². The van der Waals surface area contributed by atoms with Crippen LogP contribution in [0, 0.1) is 5.82 Å². The lowest BCUT2D eigenvalue weighted by Crippen LogP contribution is -2.40. The lowest BCUT2D eigenvalue weighted by atomic mass is 10.0. The SMILES string of the molecule is COc1ccc(-c2cn3ccccc3n2)c(COC(=O)NC(C)(C)C)c1F. The molecule has 3 aromatic rings. The summed E-state index contributed by atoms with van der Waals surface area (Å²) in [6.45, 7) is 5.27. The molecule has 1 aromatic carbocycles. The number of benzene rings is 1. The largest absolute Gasteiger partial charge is 0.494 e. The summed E-state index contributed by atoms with van der Waals surface area (Å²) in [6, 6.07) is 8.86. The number of fused-ring (bicyclic) bond motifs is 1. The highest BCUT2D eigenvalue weighted by Gasteiger charge is 2.20. The Kier molecular flexibility index (Phi) is 5.03. The van der Waals surface area contributed by atoms with Crippen LogP contribution in [-0.4, -0.2) is 28.1 Å². The molecule has 2 aromatic heterocycles. The van der Waals surface area contributed by atoms with E-state index in [1.807, 2.05) is 49.6 Å². The van der Waals surface area contributed by atoms with E-state index in [4.69, 9.17) is 9.47 Å². The van der Waals surface area contributed by atoms with Crippen LogP contribution < -0.4 is 10.1 Å². The molecule has 2 heterocycles. The molecule has 0 aliphatic heterocycles. The molecule has 0 aliphatic rings. The number of hydrogen-bond donors (Lipinski definition) is 1. The number of hydrogen-bond acceptors (Lipinski definition) is 4. The van der Waals surface area contributed by atoms with Crippen molar-refractivity contribution >= 4 is 11.7 Å². The molecule has 0 radical (unpaired) electrons. The summed E-state index contributed by atoms with van der Waals surface area (Å²) < 4.78 is 27.0. The van der Waals surface area contributed by atoms with Crippen molar-refractivity contribution in [1.29, 1.82) is 0 Å². The number of imidazole rings is 1.